The number of anilines is 1. The van der Waals surface area contributed by atoms with E-state index in [1.54, 1.807) is 0 Å². The second-order valence-electron chi connectivity index (χ2n) is 7.06. The number of carbonyl (C=O) groups is 1. The summed E-state index contributed by atoms with van der Waals surface area (Å²) in [4.78, 5) is 16.9. The zero-order valence-corrected chi connectivity index (χ0v) is 19.7. The first-order valence-corrected chi connectivity index (χ1v) is 12.0. The lowest BCUT2D eigenvalue weighted by Gasteiger charge is -2.06. The Morgan fingerprint density at radius 2 is 1.81 bits per heavy atom. The van der Waals surface area contributed by atoms with E-state index in [9.17, 15) is 4.79 Å². The summed E-state index contributed by atoms with van der Waals surface area (Å²) >= 11 is 2.75. The van der Waals surface area contributed by atoms with Gasteiger partial charge < -0.3 is 14.6 Å². The summed E-state index contributed by atoms with van der Waals surface area (Å²) in [5.41, 5.74) is 4.02. The standard InChI is InChI=1S/C23H23N5O2S2/c1-4-30-18-11-9-17(10-12-18)21-26-27-23(28(21)3)32-14-20(29)25-22-24-19(13-31-22)16-7-5-15(2)6-8-16/h5-13H,4,14H2,1-3H3,(H,24,25,29). The lowest BCUT2D eigenvalue weighted by atomic mass is 10.1. The number of nitrogens with one attached hydrogen (secondary N) is 1. The lowest BCUT2D eigenvalue weighted by Crippen LogP contribution is -2.14. The molecule has 1 N–H and O–H groups in total. The van der Waals surface area contributed by atoms with Crippen LogP contribution in [-0.4, -0.2) is 38.0 Å². The Bertz CT molecular complexity index is 1200. The van der Waals surface area contributed by atoms with Gasteiger partial charge in [0.25, 0.3) is 0 Å². The van der Waals surface area contributed by atoms with Crippen molar-refractivity contribution in [2.75, 3.05) is 17.7 Å². The quantitative estimate of drug-likeness (QED) is 0.367. The van der Waals surface area contributed by atoms with Crippen molar-refractivity contribution in [1.82, 2.24) is 19.7 Å². The number of rotatable bonds is 8. The van der Waals surface area contributed by atoms with Crippen LogP contribution in [0.5, 0.6) is 5.75 Å². The van der Waals surface area contributed by atoms with Crippen molar-refractivity contribution in [1.29, 1.82) is 0 Å². The Balaban J connectivity index is 1.35. The zero-order chi connectivity index (χ0) is 22.5. The molecule has 4 aromatic rings. The van der Waals surface area contributed by atoms with E-state index in [0.717, 1.165) is 28.4 Å². The molecule has 0 unspecified atom stereocenters. The van der Waals surface area contributed by atoms with Crippen LogP contribution < -0.4 is 10.1 Å². The second-order valence-corrected chi connectivity index (χ2v) is 8.86. The van der Waals surface area contributed by atoms with Gasteiger partial charge in [-0.25, -0.2) is 4.98 Å². The number of thiazole rings is 1. The Hall–Kier alpha value is -3.17. The van der Waals surface area contributed by atoms with E-state index in [1.165, 1.54) is 28.7 Å². The summed E-state index contributed by atoms with van der Waals surface area (Å²) in [5, 5.41) is 14.6. The van der Waals surface area contributed by atoms with Crippen molar-refractivity contribution in [2.24, 2.45) is 7.05 Å². The molecule has 0 spiro atoms. The van der Waals surface area contributed by atoms with Crippen LogP contribution >= 0.6 is 23.1 Å². The number of hydrogen-bond acceptors (Lipinski definition) is 7. The van der Waals surface area contributed by atoms with Gasteiger partial charge in [0.1, 0.15) is 5.75 Å². The third kappa shape index (κ3) is 5.17. The van der Waals surface area contributed by atoms with Gasteiger partial charge in [-0.1, -0.05) is 41.6 Å². The molecule has 0 aliphatic carbocycles. The molecule has 164 valence electrons. The fraction of sp³-hybridized carbons (Fsp3) is 0.217. The molecule has 32 heavy (non-hydrogen) atoms. The predicted molar refractivity (Wildman–Crippen MR) is 129 cm³/mol. The number of nitrogens with zero attached hydrogens (tertiary/aromatic N) is 4. The van der Waals surface area contributed by atoms with Gasteiger partial charge in [-0.15, -0.1) is 21.5 Å². The van der Waals surface area contributed by atoms with E-state index >= 15 is 0 Å². The van der Waals surface area contributed by atoms with Gasteiger partial charge in [-0.2, -0.15) is 0 Å². The van der Waals surface area contributed by atoms with E-state index in [4.69, 9.17) is 4.74 Å². The van der Waals surface area contributed by atoms with Gasteiger partial charge in [0.2, 0.25) is 5.91 Å². The molecule has 0 aliphatic heterocycles. The van der Waals surface area contributed by atoms with E-state index in [-0.39, 0.29) is 11.7 Å². The lowest BCUT2D eigenvalue weighted by molar-refractivity contribution is -0.113. The highest BCUT2D eigenvalue weighted by atomic mass is 32.2. The number of benzene rings is 2. The number of thioether (sulfide) groups is 1. The van der Waals surface area contributed by atoms with Crippen molar-refractivity contribution >= 4 is 34.1 Å². The van der Waals surface area contributed by atoms with Crippen molar-refractivity contribution in [3.63, 3.8) is 0 Å². The highest BCUT2D eigenvalue weighted by Crippen LogP contribution is 2.27. The van der Waals surface area contributed by atoms with Crippen molar-refractivity contribution in [2.45, 2.75) is 19.0 Å². The fourth-order valence-electron chi connectivity index (χ4n) is 3.03. The smallest absolute Gasteiger partial charge is 0.236 e. The molecular formula is C23H23N5O2S2. The summed E-state index contributed by atoms with van der Waals surface area (Å²) < 4.78 is 7.36. The average molecular weight is 466 g/mol. The topological polar surface area (TPSA) is 81.9 Å². The minimum absolute atomic E-state index is 0.134. The van der Waals surface area contributed by atoms with E-state index in [0.29, 0.717) is 16.9 Å². The first-order chi connectivity index (χ1) is 15.5. The summed E-state index contributed by atoms with van der Waals surface area (Å²) in [6.07, 6.45) is 0. The zero-order valence-electron chi connectivity index (χ0n) is 18.0. The molecule has 4 rings (SSSR count). The molecule has 0 bridgehead atoms. The maximum Gasteiger partial charge on any atom is 0.236 e. The average Bonchev–Trinajstić information content (AvgIpc) is 3.40. The first kappa shape index (κ1) is 22.0. The van der Waals surface area contributed by atoms with E-state index in [2.05, 4.69) is 20.5 Å². The SMILES string of the molecule is CCOc1ccc(-c2nnc(SCC(=O)Nc3nc(-c4ccc(C)cc4)cs3)n2C)cc1. The van der Waals surface area contributed by atoms with E-state index in [1.807, 2.05) is 79.4 Å². The molecule has 9 heteroatoms. The minimum atomic E-state index is -0.134. The predicted octanol–water partition coefficient (Wildman–Crippen LogP) is 5.04. The van der Waals surface area contributed by atoms with Gasteiger partial charge >= 0.3 is 0 Å². The van der Waals surface area contributed by atoms with Crippen LogP contribution in [0.25, 0.3) is 22.6 Å². The Labute approximate surface area is 194 Å². The van der Waals surface area contributed by atoms with Crippen molar-refractivity contribution < 1.29 is 9.53 Å². The first-order valence-electron chi connectivity index (χ1n) is 10.1. The number of hydrogen-bond donors (Lipinski definition) is 1. The summed E-state index contributed by atoms with van der Waals surface area (Å²) in [7, 11) is 1.89. The molecule has 0 aliphatic rings. The molecule has 0 saturated heterocycles. The van der Waals surface area contributed by atoms with Gasteiger partial charge in [0.15, 0.2) is 16.1 Å². The number of aryl methyl sites for hydroxylation is 1. The van der Waals surface area contributed by atoms with Gasteiger partial charge in [0, 0.05) is 23.6 Å². The third-order valence-corrected chi connectivity index (χ3v) is 6.47. The molecule has 0 radical (unpaired) electrons. The molecule has 0 saturated carbocycles. The summed E-state index contributed by atoms with van der Waals surface area (Å²) in [6, 6.07) is 15.9. The summed E-state index contributed by atoms with van der Waals surface area (Å²) in [6.45, 7) is 4.63. The maximum atomic E-state index is 12.4. The largest absolute Gasteiger partial charge is 0.494 e. The highest BCUT2D eigenvalue weighted by molar-refractivity contribution is 7.99. The molecule has 7 nitrogen and oxygen atoms in total. The third-order valence-electron chi connectivity index (χ3n) is 4.69. The number of amides is 1. The van der Waals surface area contributed by atoms with Gasteiger partial charge in [-0.3, -0.25) is 4.79 Å². The van der Waals surface area contributed by atoms with Crippen molar-refractivity contribution in [3.05, 3.63) is 59.5 Å². The number of aromatic nitrogens is 4. The van der Waals surface area contributed by atoms with Gasteiger partial charge in [-0.05, 0) is 38.1 Å². The van der Waals surface area contributed by atoms with Crippen LogP contribution in [-0.2, 0) is 11.8 Å². The van der Waals surface area contributed by atoms with Crippen LogP contribution in [0.1, 0.15) is 12.5 Å². The van der Waals surface area contributed by atoms with Crippen LogP contribution in [0.2, 0.25) is 0 Å². The molecule has 0 atom stereocenters. The van der Waals surface area contributed by atoms with Crippen LogP contribution in [0.3, 0.4) is 0 Å². The minimum Gasteiger partial charge on any atom is -0.494 e. The molecule has 2 heterocycles. The molecule has 0 fully saturated rings. The Morgan fingerprint density at radius 1 is 1.09 bits per heavy atom. The Kier molecular flexibility index (Phi) is 6.87. The monoisotopic (exact) mass is 465 g/mol. The van der Waals surface area contributed by atoms with Crippen LogP contribution in [0.4, 0.5) is 5.13 Å². The number of carbonyl (C=O) groups excluding carboxylic acids is 1. The fourth-order valence-corrected chi connectivity index (χ4v) is 4.48. The second kappa shape index (κ2) is 9.97. The molecular weight excluding hydrogens is 442 g/mol. The van der Waals surface area contributed by atoms with Crippen LogP contribution in [0, 0.1) is 6.92 Å². The van der Waals surface area contributed by atoms with Crippen molar-refractivity contribution in [3.8, 4) is 28.4 Å². The molecule has 1 amide bonds. The van der Waals surface area contributed by atoms with Gasteiger partial charge in [0.05, 0.1) is 18.1 Å². The number of ether oxygens (including phenoxy) is 1. The molecule has 2 aromatic heterocycles. The van der Waals surface area contributed by atoms with Crippen LogP contribution in [0.15, 0.2) is 59.1 Å². The normalized spacial score (nSPS) is 10.8. The molecule has 2 aromatic carbocycles. The summed E-state index contributed by atoms with van der Waals surface area (Å²) in [5.74, 6) is 1.63. The maximum absolute atomic E-state index is 12.4. The highest BCUT2D eigenvalue weighted by Gasteiger charge is 2.14. The Morgan fingerprint density at radius 3 is 2.53 bits per heavy atom. The van der Waals surface area contributed by atoms with E-state index < -0.39 is 0 Å².